The summed E-state index contributed by atoms with van der Waals surface area (Å²) < 4.78 is 3.80. The molecule has 33 heavy (non-hydrogen) atoms. The van der Waals surface area contributed by atoms with Crippen LogP contribution in [0.4, 0.5) is 11.8 Å². The first-order valence-electron chi connectivity index (χ1n) is 10.5. The van der Waals surface area contributed by atoms with Crippen molar-refractivity contribution in [2.45, 2.75) is 33.9 Å². The van der Waals surface area contributed by atoms with Crippen molar-refractivity contribution < 1.29 is 0 Å². The Kier molecular flexibility index (Phi) is 5.13. The summed E-state index contributed by atoms with van der Waals surface area (Å²) in [5.74, 6) is 2.11. The van der Waals surface area contributed by atoms with Gasteiger partial charge in [0.15, 0.2) is 23.1 Å². The third kappa shape index (κ3) is 3.95. The normalized spacial score (nSPS) is 11.2. The number of anilines is 2. The van der Waals surface area contributed by atoms with Gasteiger partial charge in [-0.2, -0.15) is 5.10 Å². The Morgan fingerprint density at radius 3 is 2.48 bits per heavy atom. The van der Waals surface area contributed by atoms with Crippen LogP contribution < -0.4 is 11.1 Å². The van der Waals surface area contributed by atoms with Crippen LogP contribution in [0.2, 0.25) is 0 Å². The number of nitrogens with two attached hydrogens (primary N) is 1. The molecular weight excluding hydrogens is 418 g/mol. The number of hydrogen-bond acceptors (Lipinski definition) is 9. The fourth-order valence-electron chi connectivity index (χ4n) is 3.57. The number of imidazole rings is 1. The van der Waals surface area contributed by atoms with Gasteiger partial charge in [0.1, 0.15) is 5.52 Å². The Hall–Kier alpha value is -4.41. The van der Waals surface area contributed by atoms with E-state index >= 15 is 0 Å². The lowest BCUT2D eigenvalue weighted by Crippen LogP contribution is -2.07. The highest BCUT2D eigenvalue weighted by molar-refractivity contribution is 5.85. The van der Waals surface area contributed by atoms with Crippen LogP contribution in [0.25, 0.3) is 28.4 Å². The van der Waals surface area contributed by atoms with Crippen molar-refractivity contribution in [3.05, 3.63) is 60.1 Å². The number of nitrogens with zero attached hydrogens (tertiary/aromatic N) is 9. The second kappa shape index (κ2) is 8.26. The van der Waals surface area contributed by atoms with E-state index in [0.29, 0.717) is 29.3 Å². The molecule has 0 saturated carbocycles. The molecule has 11 heteroatoms. The standard InChI is InChI=1S/C22H23N11/c1-4-32-12-28-18-20(29-19(30-21(18)32)16-10-26-22(23)27-11-16)25-9-15-5-6-17(24-8-15)33-14(3)7-13(2)31-33/h5-8,10-12H,4,9H2,1-3H3,(H2,23,26,27)(H,25,29,30). The Bertz CT molecular complexity index is 1420. The highest BCUT2D eigenvalue weighted by Crippen LogP contribution is 2.24. The van der Waals surface area contributed by atoms with E-state index in [1.165, 1.54) is 0 Å². The monoisotopic (exact) mass is 441 g/mol. The highest BCUT2D eigenvalue weighted by atomic mass is 15.3. The summed E-state index contributed by atoms with van der Waals surface area (Å²) in [4.78, 5) is 26.6. The molecule has 0 aromatic carbocycles. The minimum atomic E-state index is 0.202. The second-order valence-electron chi connectivity index (χ2n) is 7.65. The molecule has 5 rings (SSSR count). The van der Waals surface area contributed by atoms with E-state index < -0.39 is 0 Å². The minimum Gasteiger partial charge on any atom is -0.368 e. The maximum atomic E-state index is 5.62. The van der Waals surface area contributed by atoms with E-state index in [-0.39, 0.29) is 5.95 Å². The van der Waals surface area contributed by atoms with Gasteiger partial charge in [0, 0.05) is 37.4 Å². The average Bonchev–Trinajstić information content (AvgIpc) is 3.40. The summed E-state index contributed by atoms with van der Waals surface area (Å²) >= 11 is 0. The molecule has 0 bridgehead atoms. The molecule has 5 heterocycles. The van der Waals surface area contributed by atoms with Crippen LogP contribution in [0, 0.1) is 13.8 Å². The zero-order chi connectivity index (χ0) is 22.9. The van der Waals surface area contributed by atoms with Crippen LogP contribution in [0.3, 0.4) is 0 Å². The molecule has 0 atom stereocenters. The molecule has 0 aliphatic rings. The smallest absolute Gasteiger partial charge is 0.219 e. The third-order valence-electron chi connectivity index (χ3n) is 5.23. The molecule has 166 valence electrons. The van der Waals surface area contributed by atoms with E-state index in [4.69, 9.17) is 5.73 Å². The number of rotatable bonds is 6. The largest absolute Gasteiger partial charge is 0.368 e. The Morgan fingerprint density at radius 2 is 1.82 bits per heavy atom. The first-order chi connectivity index (χ1) is 16.0. The second-order valence-corrected chi connectivity index (χ2v) is 7.65. The lowest BCUT2D eigenvalue weighted by atomic mass is 10.2. The van der Waals surface area contributed by atoms with E-state index in [1.54, 1.807) is 18.7 Å². The number of aromatic nitrogens is 9. The Morgan fingerprint density at radius 1 is 1.00 bits per heavy atom. The number of nitrogens with one attached hydrogen (secondary N) is 1. The van der Waals surface area contributed by atoms with Crippen LogP contribution in [-0.2, 0) is 13.1 Å². The van der Waals surface area contributed by atoms with E-state index in [2.05, 4.69) is 40.3 Å². The van der Waals surface area contributed by atoms with Crippen molar-refractivity contribution in [3.63, 3.8) is 0 Å². The number of nitrogen functional groups attached to an aromatic ring is 1. The van der Waals surface area contributed by atoms with E-state index in [0.717, 1.165) is 35.0 Å². The van der Waals surface area contributed by atoms with E-state index in [9.17, 15) is 0 Å². The van der Waals surface area contributed by atoms with Gasteiger partial charge in [0.2, 0.25) is 5.95 Å². The maximum absolute atomic E-state index is 5.62. The molecule has 0 aliphatic carbocycles. The molecule has 0 aliphatic heterocycles. The zero-order valence-electron chi connectivity index (χ0n) is 18.6. The molecule has 0 spiro atoms. The maximum Gasteiger partial charge on any atom is 0.219 e. The third-order valence-corrected chi connectivity index (χ3v) is 5.23. The van der Waals surface area contributed by atoms with Gasteiger partial charge in [0.25, 0.3) is 0 Å². The fraction of sp³-hybridized carbons (Fsp3) is 0.227. The van der Waals surface area contributed by atoms with Crippen molar-refractivity contribution in [2.75, 3.05) is 11.1 Å². The topological polar surface area (TPSA) is 138 Å². The summed E-state index contributed by atoms with van der Waals surface area (Å²) in [6.45, 7) is 7.28. The molecule has 0 fully saturated rings. The fourth-order valence-corrected chi connectivity index (χ4v) is 3.57. The molecule has 0 radical (unpaired) electrons. The first-order valence-corrected chi connectivity index (χ1v) is 10.5. The number of fused-ring (bicyclic) bond motifs is 1. The van der Waals surface area contributed by atoms with Gasteiger partial charge in [-0.25, -0.2) is 34.6 Å². The average molecular weight is 442 g/mol. The number of pyridine rings is 1. The lowest BCUT2D eigenvalue weighted by Gasteiger charge is -2.10. The summed E-state index contributed by atoms with van der Waals surface area (Å²) in [6.07, 6.45) is 6.82. The predicted molar refractivity (Wildman–Crippen MR) is 125 cm³/mol. The molecule has 0 amide bonds. The van der Waals surface area contributed by atoms with Gasteiger partial charge < -0.3 is 15.6 Å². The highest BCUT2D eigenvalue weighted by Gasteiger charge is 2.15. The first kappa shape index (κ1) is 20.5. The minimum absolute atomic E-state index is 0.202. The van der Waals surface area contributed by atoms with Crippen LogP contribution in [-0.4, -0.2) is 44.3 Å². The molecule has 11 nitrogen and oxygen atoms in total. The van der Waals surface area contributed by atoms with E-state index in [1.807, 2.05) is 54.4 Å². The Labute approximate surface area is 189 Å². The van der Waals surface area contributed by atoms with Gasteiger partial charge in [0.05, 0.1) is 17.6 Å². The summed E-state index contributed by atoms with van der Waals surface area (Å²) in [7, 11) is 0. The predicted octanol–water partition coefficient (Wildman–Crippen LogP) is 2.70. The molecule has 5 aromatic rings. The zero-order valence-corrected chi connectivity index (χ0v) is 18.6. The van der Waals surface area contributed by atoms with Crippen molar-refractivity contribution in [2.24, 2.45) is 0 Å². The molecule has 5 aromatic heterocycles. The number of aryl methyl sites for hydroxylation is 3. The van der Waals surface area contributed by atoms with Gasteiger partial charge in [-0.1, -0.05) is 6.07 Å². The molecule has 3 N–H and O–H groups in total. The van der Waals surface area contributed by atoms with Gasteiger partial charge in [-0.15, -0.1) is 0 Å². The Balaban J connectivity index is 1.44. The quantitative estimate of drug-likeness (QED) is 0.407. The van der Waals surface area contributed by atoms with Gasteiger partial charge in [-0.05, 0) is 38.5 Å². The van der Waals surface area contributed by atoms with Crippen LogP contribution >= 0.6 is 0 Å². The van der Waals surface area contributed by atoms with Crippen molar-refractivity contribution in [1.82, 2.24) is 44.3 Å². The summed E-state index contributed by atoms with van der Waals surface area (Å²) in [6, 6.07) is 6.00. The summed E-state index contributed by atoms with van der Waals surface area (Å²) in [5, 5.41) is 7.87. The van der Waals surface area contributed by atoms with Crippen molar-refractivity contribution >= 4 is 22.9 Å². The molecule has 0 unspecified atom stereocenters. The lowest BCUT2D eigenvalue weighted by molar-refractivity contribution is 0.777. The van der Waals surface area contributed by atoms with Gasteiger partial charge >= 0.3 is 0 Å². The molecular formula is C22H23N11. The van der Waals surface area contributed by atoms with Crippen LogP contribution in [0.5, 0.6) is 0 Å². The van der Waals surface area contributed by atoms with Crippen LogP contribution in [0.1, 0.15) is 23.9 Å². The number of hydrogen-bond donors (Lipinski definition) is 2. The summed E-state index contributed by atoms with van der Waals surface area (Å²) in [5.41, 5.74) is 10.7. The van der Waals surface area contributed by atoms with Crippen LogP contribution in [0.15, 0.2) is 43.1 Å². The van der Waals surface area contributed by atoms with Crippen molar-refractivity contribution in [1.29, 1.82) is 0 Å². The van der Waals surface area contributed by atoms with Crippen molar-refractivity contribution in [3.8, 4) is 17.2 Å². The SMILES string of the molecule is CCn1cnc2c(NCc3ccc(-n4nc(C)cc4C)nc3)nc(-c3cnc(N)nc3)nc21. The van der Waals surface area contributed by atoms with Gasteiger partial charge in [-0.3, -0.25) is 0 Å². The molecule has 0 saturated heterocycles.